The van der Waals surface area contributed by atoms with Crippen LogP contribution in [0.2, 0.25) is 10.0 Å². The van der Waals surface area contributed by atoms with E-state index in [2.05, 4.69) is 86.3 Å². The Balaban J connectivity index is 0.000000698. The van der Waals surface area contributed by atoms with Crippen LogP contribution in [0.1, 0.15) is 115 Å². The van der Waals surface area contributed by atoms with Gasteiger partial charge in [0.1, 0.15) is 136 Å². The zero-order chi connectivity index (χ0) is 95.7. The molecule has 2 aromatic heterocycles. The van der Waals surface area contributed by atoms with Gasteiger partial charge in [-0.05, 0) is 63.1 Å². The fraction of sp³-hybridized carbons (Fsp3) is 0.398. The molecule has 6 rings (SSSR count). The van der Waals surface area contributed by atoms with Crippen LogP contribution in [0.15, 0.2) is 130 Å². The number of esters is 12. The van der Waals surface area contributed by atoms with Gasteiger partial charge in [-0.25, -0.2) is 38.4 Å². The number of rotatable bonds is 54. The number of thiol groups is 4. The summed E-state index contributed by atoms with van der Waals surface area (Å²) in [7, 11) is 1.30. The molecule has 0 aliphatic rings. The summed E-state index contributed by atoms with van der Waals surface area (Å²) in [4.78, 5) is 190. The van der Waals surface area contributed by atoms with E-state index in [9.17, 15) is 92.5 Å². The molecule has 2 atom stereocenters. The molecule has 0 amide bonds. The van der Waals surface area contributed by atoms with E-state index < -0.39 is 153 Å². The molecule has 0 bridgehead atoms. The number of benzene rings is 4. The maximum absolute atomic E-state index is 13.1. The summed E-state index contributed by atoms with van der Waals surface area (Å²) >= 11 is 29.0. The number of hydrogen-bond donors (Lipinski definition) is 5. The van der Waals surface area contributed by atoms with Crippen molar-refractivity contribution in [2.75, 3.05) is 123 Å². The first-order valence-corrected chi connectivity index (χ1v) is 41.7. The summed E-state index contributed by atoms with van der Waals surface area (Å²) in [6.45, 7) is 12.1. The maximum Gasteiger partial charge on any atom is 0.351 e. The number of halogens is 2. The van der Waals surface area contributed by atoms with Gasteiger partial charge in [0, 0.05) is 88.6 Å². The van der Waals surface area contributed by atoms with E-state index in [1.54, 1.807) is 0 Å². The van der Waals surface area contributed by atoms with Crippen LogP contribution >= 0.6 is 73.7 Å². The number of nitro groups is 2. The van der Waals surface area contributed by atoms with Crippen molar-refractivity contribution in [2.24, 2.45) is 5.41 Å². The number of ether oxygens (including phenoxy) is 17. The molecule has 129 heavy (non-hydrogen) atoms. The molecule has 6 aromatic rings. The highest BCUT2D eigenvalue weighted by atomic mass is 35.5. The van der Waals surface area contributed by atoms with Crippen LogP contribution in [-0.4, -0.2) is 209 Å². The highest BCUT2D eigenvalue weighted by molar-refractivity contribution is 7.80. The van der Waals surface area contributed by atoms with Gasteiger partial charge in [-0.3, -0.25) is 49.0 Å². The second kappa shape index (κ2) is 58.2. The minimum atomic E-state index is -1.25. The second-order valence-electron chi connectivity index (χ2n) is 25.9. The molecule has 46 heteroatoms. The Morgan fingerprint density at radius 3 is 1.07 bits per heavy atom. The molecule has 0 saturated carbocycles. The molecular weight excluding hydrogens is 1830 g/mol. The number of carbonyl (C=O) groups excluding carboxylic acids is 12. The number of carbonyl (C=O) groups is 12. The van der Waals surface area contributed by atoms with Gasteiger partial charge >= 0.3 is 82.9 Å². The van der Waals surface area contributed by atoms with E-state index in [0.29, 0.717) is 0 Å². The van der Waals surface area contributed by atoms with Crippen LogP contribution in [0.5, 0.6) is 28.7 Å². The Hall–Kier alpha value is -12.4. The Kier molecular flexibility index (Phi) is 49.1. The lowest BCUT2D eigenvalue weighted by Crippen LogP contribution is -2.44. The number of nitro benzene ring substituents is 2. The summed E-state index contributed by atoms with van der Waals surface area (Å²) in [6, 6.07) is 12.1. The third kappa shape index (κ3) is 38.2. The van der Waals surface area contributed by atoms with Crippen molar-refractivity contribution < 1.29 is 162 Å². The molecule has 1 N–H and O–H groups in total. The normalized spacial score (nSPS) is 11.1. The van der Waals surface area contributed by atoms with Gasteiger partial charge in [-0.15, -0.1) is 0 Å². The first-order chi connectivity index (χ1) is 61.6. The SMILES string of the molecule is C=CC(=O)OCCOC(=O)C=C.C=CC(=O)OCCOC(=O)CCCOc1cc([N+](=O)[O-])c(C(C)Oc2cc3oc(=O)c(C(=O)OCCOC(=O)c4cc5cc(Cl)c(OC(C)c6cc(OC)c(OCCCC(=O)OCCOC(=O)C=C)cc6[N+](=O)[O-])cc5oc4=O)cc3cc2Cl)cc1CO.O=C(CCS)OCC(COC(=O)CCS)(COC(=O)CCS)COC(=O)CCS. The van der Waals surface area contributed by atoms with Gasteiger partial charge in [0.05, 0.1) is 95.8 Å². The minimum absolute atomic E-state index is 0.00473. The Morgan fingerprint density at radius 2 is 0.744 bits per heavy atom. The monoisotopic (exact) mass is 1920 g/mol. The van der Waals surface area contributed by atoms with Crippen molar-refractivity contribution >= 4 is 179 Å². The number of methoxy groups -OCH3 is 1. The Labute approximate surface area is 767 Å². The summed E-state index contributed by atoms with van der Waals surface area (Å²) in [5.41, 5.74) is -5.68. The Morgan fingerprint density at radius 1 is 0.426 bits per heavy atom. The van der Waals surface area contributed by atoms with Crippen molar-refractivity contribution in [3.63, 3.8) is 0 Å². The molecule has 0 spiro atoms. The van der Waals surface area contributed by atoms with Gasteiger partial charge in [0.2, 0.25) is 0 Å². The van der Waals surface area contributed by atoms with E-state index in [4.69, 9.17) is 103 Å². The molecule has 4 aromatic carbocycles. The average Bonchev–Trinajstić information content (AvgIpc) is 0.786. The molecule has 0 aliphatic heterocycles. The van der Waals surface area contributed by atoms with Crippen molar-refractivity contribution in [1.82, 2.24) is 0 Å². The average molecular weight is 1920 g/mol. The van der Waals surface area contributed by atoms with E-state index in [0.717, 1.165) is 48.6 Å². The van der Waals surface area contributed by atoms with Crippen LogP contribution in [0.3, 0.4) is 0 Å². The number of nitrogens with zero attached hydrogens (tertiary/aromatic N) is 2. The van der Waals surface area contributed by atoms with Crippen molar-refractivity contribution in [1.29, 1.82) is 0 Å². The van der Waals surface area contributed by atoms with Crippen LogP contribution in [0, 0.1) is 25.6 Å². The lowest BCUT2D eigenvalue weighted by molar-refractivity contribution is -0.386. The summed E-state index contributed by atoms with van der Waals surface area (Å²) in [5, 5.41) is 34.7. The topological polar surface area (TPSA) is 529 Å². The minimum Gasteiger partial charge on any atom is -0.493 e. The van der Waals surface area contributed by atoms with Gasteiger partial charge in [0.15, 0.2) is 11.5 Å². The predicted octanol–water partition coefficient (Wildman–Crippen LogP) is 10.6. The lowest BCUT2D eigenvalue weighted by Gasteiger charge is -2.31. The molecule has 0 fully saturated rings. The van der Waals surface area contributed by atoms with Crippen molar-refractivity contribution in [2.45, 2.75) is 84.0 Å². The second-order valence-corrected chi connectivity index (χ2v) is 28.6. The van der Waals surface area contributed by atoms with E-state index in [-0.39, 0.29) is 231 Å². The van der Waals surface area contributed by atoms with Crippen molar-refractivity contribution in [3.8, 4) is 28.7 Å². The number of fused-ring (bicyclic) bond motifs is 2. The number of aliphatic hydroxyl groups is 1. The molecular formula is C83H92Cl2N2O38S4. The molecule has 0 aliphatic carbocycles. The quantitative estimate of drug-likeness (QED) is 0.00346. The number of aliphatic hydroxyl groups excluding tert-OH is 1. The molecule has 0 radical (unpaired) electrons. The van der Waals surface area contributed by atoms with Gasteiger partial charge in [-0.2, -0.15) is 50.5 Å². The van der Waals surface area contributed by atoms with Crippen LogP contribution < -0.4 is 34.9 Å². The molecule has 2 unspecified atom stereocenters. The fourth-order valence-corrected chi connectivity index (χ4v) is 11.4. The van der Waals surface area contributed by atoms with E-state index in [1.807, 2.05) is 0 Å². The van der Waals surface area contributed by atoms with Crippen LogP contribution in [0.25, 0.3) is 21.9 Å². The highest BCUT2D eigenvalue weighted by Crippen LogP contribution is 2.42. The fourth-order valence-electron chi connectivity index (χ4n) is 10.2. The smallest absolute Gasteiger partial charge is 0.351 e. The summed E-state index contributed by atoms with van der Waals surface area (Å²) in [5.74, 6) is -7.12. The standard InChI is InChI=1S/C58H54Cl2N2O26.C17H28O8S4.C8H10O4/c1-6-51(64)79-14-16-81-53(66)10-8-12-77-44-26-42(61(72)73)36(22-35(44)30-63)31(3)85-47-28-45-33(23-40(47)59)20-38(57(70)87-45)55(68)83-18-19-84-56(69)39-21-34-24-41(60)48(29-46(34)88-58(39)71)86-32(4)37-25-49(76-5)50(27-43(37)62(74)75)78-13-9-11-54(67)82-17-15-80-52(65)7-2;18-13(1-5-26)22-9-17(10-23-14(19)2-6-27,11-24-15(20)3-7-28)12-25-16(21)4-8-29;1-3-7(9)11-5-6-12-8(10)4-2/h6-7,20-29,31-32,63H,1-2,8-19,30H2,3-5H3;26-29H,1-12H2;3-4H,1-2,5-6H2. The zero-order valence-electron chi connectivity index (χ0n) is 69.6. The molecule has 2 heterocycles. The maximum atomic E-state index is 13.1. The first-order valence-electron chi connectivity index (χ1n) is 38.4. The van der Waals surface area contributed by atoms with Gasteiger partial charge in [-0.1, -0.05) is 49.5 Å². The van der Waals surface area contributed by atoms with Crippen molar-refractivity contribution in [3.05, 3.63) is 190 Å². The van der Waals surface area contributed by atoms with Crippen LogP contribution in [-0.2, 0) is 111 Å². The van der Waals surface area contributed by atoms with E-state index >= 15 is 0 Å². The third-order valence-electron chi connectivity index (χ3n) is 16.5. The largest absolute Gasteiger partial charge is 0.493 e. The molecule has 700 valence electrons. The summed E-state index contributed by atoms with van der Waals surface area (Å²) < 4.78 is 99.1. The van der Waals surface area contributed by atoms with Crippen LogP contribution in [0.4, 0.5) is 11.4 Å². The lowest BCUT2D eigenvalue weighted by atomic mass is 9.92. The zero-order valence-corrected chi connectivity index (χ0v) is 74.7. The highest BCUT2D eigenvalue weighted by Gasteiger charge is 2.38. The molecule has 40 nitrogen and oxygen atoms in total. The number of hydrogen-bond acceptors (Lipinski definition) is 42. The van der Waals surface area contributed by atoms with Gasteiger partial charge in [0.25, 0.3) is 11.4 Å². The Bertz CT molecular complexity index is 4750. The van der Waals surface area contributed by atoms with Gasteiger partial charge < -0.3 is 94.5 Å². The molecule has 0 saturated heterocycles. The first kappa shape index (κ1) is 109. The third-order valence-corrected chi connectivity index (χ3v) is 18.0. The predicted molar refractivity (Wildman–Crippen MR) is 468 cm³/mol. The van der Waals surface area contributed by atoms with E-state index in [1.165, 1.54) is 57.4 Å². The summed E-state index contributed by atoms with van der Waals surface area (Å²) in [6.07, 6.45) is 2.18.